The molecule has 2 aromatic rings. The van der Waals surface area contributed by atoms with E-state index in [2.05, 4.69) is 46.7 Å². The van der Waals surface area contributed by atoms with Crippen LogP contribution in [0.25, 0.3) is 0 Å². The fraction of sp³-hybridized carbons (Fsp3) is 0.529. The van der Waals surface area contributed by atoms with Crippen LogP contribution >= 0.6 is 0 Å². The van der Waals surface area contributed by atoms with Crippen LogP contribution in [0.5, 0.6) is 0 Å². The molecule has 0 unspecified atom stereocenters. The quantitative estimate of drug-likeness (QED) is 0.865. The van der Waals surface area contributed by atoms with E-state index in [0.29, 0.717) is 13.0 Å². The molecule has 1 aromatic heterocycles. The van der Waals surface area contributed by atoms with Gasteiger partial charge in [0.1, 0.15) is 5.82 Å². The maximum atomic E-state index is 12.6. The fourth-order valence-electron chi connectivity index (χ4n) is 3.34. The number of likely N-dealkylation sites (tertiary alicyclic amines) is 1. The number of amides is 1. The van der Waals surface area contributed by atoms with Crippen LogP contribution in [-0.4, -0.2) is 44.1 Å². The summed E-state index contributed by atoms with van der Waals surface area (Å²) in [6.45, 7) is 6.27. The van der Waals surface area contributed by atoms with Crippen molar-refractivity contribution in [3.8, 4) is 0 Å². The first-order valence-electron chi connectivity index (χ1n) is 8.14. The maximum Gasteiger partial charge on any atom is 0.224 e. The minimum Gasteiger partial charge on any atom is -0.342 e. The number of rotatable bonds is 4. The Balaban J connectivity index is 1.64. The Kier molecular flexibility index (Phi) is 4.41. The number of nitrogens with zero attached hydrogens (tertiary/aromatic N) is 5. The summed E-state index contributed by atoms with van der Waals surface area (Å²) in [5.74, 6) is 0.923. The van der Waals surface area contributed by atoms with E-state index in [1.807, 2.05) is 17.9 Å². The first-order valence-corrected chi connectivity index (χ1v) is 8.14. The number of benzene rings is 1. The van der Waals surface area contributed by atoms with Gasteiger partial charge in [-0.3, -0.25) is 4.79 Å². The summed E-state index contributed by atoms with van der Waals surface area (Å²) in [5, 5.41) is 11.4. The van der Waals surface area contributed by atoms with Gasteiger partial charge >= 0.3 is 0 Å². The third kappa shape index (κ3) is 3.41. The van der Waals surface area contributed by atoms with Gasteiger partial charge in [0.05, 0.1) is 6.54 Å². The largest absolute Gasteiger partial charge is 0.342 e. The van der Waals surface area contributed by atoms with E-state index in [0.717, 1.165) is 31.8 Å². The van der Waals surface area contributed by atoms with E-state index in [1.165, 1.54) is 5.56 Å². The molecule has 1 saturated heterocycles. The molecular weight excluding hydrogens is 290 g/mol. The van der Waals surface area contributed by atoms with Gasteiger partial charge in [-0.2, -0.15) is 0 Å². The average Bonchev–Trinajstić information content (AvgIpc) is 2.98. The molecule has 1 aliphatic rings. The smallest absolute Gasteiger partial charge is 0.224 e. The van der Waals surface area contributed by atoms with Crippen LogP contribution in [0.2, 0.25) is 0 Å². The van der Waals surface area contributed by atoms with Crippen molar-refractivity contribution in [2.24, 2.45) is 0 Å². The summed E-state index contributed by atoms with van der Waals surface area (Å²) in [6, 6.07) is 10.5. The predicted octanol–water partition coefficient (Wildman–Crippen LogP) is 1.95. The van der Waals surface area contributed by atoms with E-state index in [9.17, 15) is 4.79 Å². The number of carbonyl (C=O) groups excluding carboxylic acids is 1. The summed E-state index contributed by atoms with van der Waals surface area (Å²) in [6.07, 6.45) is 2.60. The molecule has 6 nitrogen and oxygen atoms in total. The standard InChI is InChI=1S/C17H23N5O/c1-14-18-19-20-22(14)12-9-16(23)21-11-6-10-17(2,13-21)15-7-4-3-5-8-15/h3-5,7-8H,6,9-13H2,1-2H3/t17-/m0/s1. The molecule has 1 amide bonds. The predicted molar refractivity (Wildman–Crippen MR) is 86.8 cm³/mol. The molecule has 0 N–H and O–H groups in total. The number of hydrogen-bond acceptors (Lipinski definition) is 4. The molecular formula is C17H23N5O. The van der Waals surface area contributed by atoms with Crippen molar-refractivity contribution >= 4 is 5.91 Å². The normalized spacial score (nSPS) is 21.4. The van der Waals surface area contributed by atoms with Gasteiger partial charge in [-0.05, 0) is 35.8 Å². The van der Waals surface area contributed by atoms with Crippen molar-refractivity contribution in [2.75, 3.05) is 13.1 Å². The summed E-state index contributed by atoms with van der Waals surface area (Å²) in [7, 11) is 0. The second kappa shape index (κ2) is 6.48. The minimum atomic E-state index is 0.0416. The Labute approximate surface area is 136 Å². The molecule has 1 atom stereocenters. The number of carbonyl (C=O) groups is 1. The molecule has 1 aliphatic heterocycles. The average molecular weight is 313 g/mol. The lowest BCUT2D eigenvalue weighted by molar-refractivity contribution is -0.133. The number of hydrogen-bond donors (Lipinski definition) is 0. The van der Waals surface area contributed by atoms with Crippen LogP contribution in [0.15, 0.2) is 30.3 Å². The van der Waals surface area contributed by atoms with Gasteiger partial charge in [0.15, 0.2) is 0 Å². The molecule has 0 radical (unpaired) electrons. The van der Waals surface area contributed by atoms with Crippen molar-refractivity contribution < 1.29 is 4.79 Å². The fourth-order valence-corrected chi connectivity index (χ4v) is 3.34. The molecule has 6 heteroatoms. The zero-order chi connectivity index (χ0) is 16.3. The Hall–Kier alpha value is -2.24. The highest BCUT2D eigenvalue weighted by molar-refractivity contribution is 5.76. The highest BCUT2D eigenvalue weighted by Crippen LogP contribution is 2.33. The van der Waals surface area contributed by atoms with Crippen LogP contribution in [0.1, 0.15) is 37.6 Å². The topological polar surface area (TPSA) is 63.9 Å². The van der Waals surface area contributed by atoms with Crippen molar-refractivity contribution in [3.05, 3.63) is 41.7 Å². The minimum absolute atomic E-state index is 0.0416. The second-order valence-corrected chi connectivity index (χ2v) is 6.54. The molecule has 2 heterocycles. The lowest BCUT2D eigenvalue weighted by Gasteiger charge is -2.41. The Morgan fingerprint density at radius 3 is 2.78 bits per heavy atom. The van der Waals surface area contributed by atoms with E-state index >= 15 is 0 Å². The van der Waals surface area contributed by atoms with Gasteiger partial charge in [0.2, 0.25) is 5.91 Å². The first-order chi connectivity index (χ1) is 11.1. The van der Waals surface area contributed by atoms with Crippen LogP contribution in [0.3, 0.4) is 0 Å². The Morgan fingerprint density at radius 2 is 2.09 bits per heavy atom. The Bertz CT molecular complexity index is 669. The molecule has 0 bridgehead atoms. The molecule has 1 aromatic carbocycles. The Morgan fingerprint density at radius 1 is 1.30 bits per heavy atom. The summed E-state index contributed by atoms with van der Waals surface area (Å²) < 4.78 is 1.68. The van der Waals surface area contributed by atoms with E-state index in [1.54, 1.807) is 4.68 Å². The lowest BCUT2D eigenvalue weighted by atomic mass is 9.76. The van der Waals surface area contributed by atoms with Crippen molar-refractivity contribution in [1.82, 2.24) is 25.1 Å². The van der Waals surface area contributed by atoms with Crippen LogP contribution < -0.4 is 0 Å². The monoisotopic (exact) mass is 313 g/mol. The van der Waals surface area contributed by atoms with Crippen molar-refractivity contribution in [1.29, 1.82) is 0 Å². The van der Waals surface area contributed by atoms with Gasteiger partial charge in [-0.25, -0.2) is 4.68 Å². The number of tetrazole rings is 1. The molecule has 3 rings (SSSR count). The zero-order valence-corrected chi connectivity index (χ0v) is 13.8. The van der Waals surface area contributed by atoms with Gasteiger partial charge < -0.3 is 4.90 Å². The second-order valence-electron chi connectivity index (χ2n) is 6.54. The summed E-state index contributed by atoms with van der Waals surface area (Å²) in [4.78, 5) is 14.6. The molecule has 23 heavy (non-hydrogen) atoms. The number of aryl methyl sites for hydroxylation is 2. The first kappa shape index (κ1) is 15.6. The zero-order valence-electron chi connectivity index (χ0n) is 13.8. The van der Waals surface area contributed by atoms with Crippen molar-refractivity contribution in [2.45, 2.75) is 45.1 Å². The highest BCUT2D eigenvalue weighted by Gasteiger charge is 2.34. The van der Waals surface area contributed by atoms with E-state index < -0.39 is 0 Å². The van der Waals surface area contributed by atoms with Gasteiger partial charge in [-0.1, -0.05) is 37.3 Å². The van der Waals surface area contributed by atoms with Crippen LogP contribution in [0.4, 0.5) is 0 Å². The molecule has 0 spiro atoms. The van der Waals surface area contributed by atoms with Gasteiger partial charge in [0, 0.05) is 24.9 Å². The maximum absolute atomic E-state index is 12.6. The molecule has 0 saturated carbocycles. The van der Waals surface area contributed by atoms with Crippen LogP contribution in [0, 0.1) is 6.92 Å². The summed E-state index contributed by atoms with van der Waals surface area (Å²) >= 11 is 0. The third-order valence-electron chi connectivity index (χ3n) is 4.77. The van der Waals surface area contributed by atoms with E-state index in [-0.39, 0.29) is 11.3 Å². The molecule has 122 valence electrons. The number of piperidine rings is 1. The summed E-state index contributed by atoms with van der Waals surface area (Å²) in [5.41, 5.74) is 1.36. The third-order valence-corrected chi connectivity index (χ3v) is 4.77. The van der Waals surface area contributed by atoms with Crippen LogP contribution in [-0.2, 0) is 16.8 Å². The van der Waals surface area contributed by atoms with Gasteiger partial charge in [0.25, 0.3) is 0 Å². The van der Waals surface area contributed by atoms with E-state index in [4.69, 9.17) is 0 Å². The number of aromatic nitrogens is 4. The highest BCUT2D eigenvalue weighted by atomic mass is 16.2. The molecule has 1 fully saturated rings. The molecule has 0 aliphatic carbocycles. The van der Waals surface area contributed by atoms with Crippen molar-refractivity contribution in [3.63, 3.8) is 0 Å². The van der Waals surface area contributed by atoms with Gasteiger partial charge in [-0.15, -0.1) is 5.10 Å². The lowest BCUT2D eigenvalue weighted by Crippen LogP contribution is -2.47. The SMILES string of the molecule is Cc1nnnn1CCC(=O)N1CCC[C@](C)(c2ccccc2)C1.